The molecule has 0 atom stereocenters. The highest BCUT2D eigenvalue weighted by Crippen LogP contribution is 2.14. The fourth-order valence-electron chi connectivity index (χ4n) is 2.31. The van der Waals surface area contributed by atoms with Gasteiger partial charge >= 0.3 is 0 Å². The van der Waals surface area contributed by atoms with Gasteiger partial charge in [-0.05, 0) is 29.8 Å². The van der Waals surface area contributed by atoms with Crippen LogP contribution in [0.1, 0.15) is 26.4 Å². The van der Waals surface area contributed by atoms with E-state index in [2.05, 4.69) is 10.3 Å². The number of H-pyrrole nitrogens is 1. The molecule has 2 aromatic carbocycles. The molecule has 2 amide bonds. The van der Waals surface area contributed by atoms with Crippen LogP contribution in [0.15, 0.2) is 54.6 Å². The van der Waals surface area contributed by atoms with E-state index in [4.69, 9.17) is 5.73 Å². The summed E-state index contributed by atoms with van der Waals surface area (Å²) in [6.45, 7) is 0.329. The fourth-order valence-corrected chi connectivity index (χ4v) is 2.31. The summed E-state index contributed by atoms with van der Waals surface area (Å²) in [5.74, 6) is -0.676. The number of carbonyl (C=O) groups excluding carboxylic acids is 2. The molecule has 22 heavy (non-hydrogen) atoms. The third kappa shape index (κ3) is 2.83. The van der Waals surface area contributed by atoms with Gasteiger partial charge in [0.05, 0.1) is 0 Å². The first kappa shape index (κ1) is 13.9. The number of rotatable bonds is 4. The van der Waals surface area contributed by atoms with E-state index < -0.39 is 5.91 Å². The van der Waals surface area contributed by atoms with Gasteiger partial charge in [-0.15, -0.1) is 0 Å². The van der Waals surface area contributed by atoms with E-state index in [9.17, 15) is 9.59 Å². The van der Waals surface area contributed by atoms with Gasteiger partial charge in [0.1, 0.15) is 5.69 Å². The number of primary amides is 1. The largest absolute Gasteiger partial charge is 0.366 e. The van der Waals surface area contributed by atoms with Crippen LogP contribution in [0.25, 0.3) is 10.9 Å². The molecule has 5 nitrogen and oxygen atoms in total. The van der Waals surface area contributed by atoms with Crippen LogP contribution < -0.4 is 11.1 Å². The Kier molecular flexibility index (Phi) is 3.62. The number of para-hydroxylation sites is 1. The zero-order valence-electron chi connectivity index (χ0n) is 11.8. The van der Waals surface area contributed by atoms with E-state index in [0.29, 0.717) is 17.8 Å². The van der Waals surface area contributed by atoms with Gasteiger partial charge in [0.15, 0.2) is 0 Å². The van der Waals surface area contributed by atoms with Gasteiger partial charge in [0.25, 0.3) is 5.91 Å². The maximum atomic E-state index is 12.2. The summed E-state index contributed by atoms with van der Waals surface area (Å²) in [6.07, 6.45) is 0. The fraction of sp³-hybridized carbons (Fsp3) is 0.0588. The summed E-state index contributed by atoms with van der Waals surface area (Å²) in [5.41, 5.74) is 7.92. The third-order valence-corrected chi connectivity index (χ3v) is 3.44. The molecular formula is C17H15N3O2. The second-order valence-electron chi connectivity index (χ2n) is 5.02. The van der Waals surface area contributed by atoms with Crippen molar-refractivity contribution in [1.82, 2.24) is 10.3 Å². The smallest absolute Gasteiger partial charge is 0.267 e. The minimum absolute atomic E-state index is 0.194. The number of amides is 2. The Labute approximate surface area is 127 Å². The highest BCUT2D eigenvalue weighted by Gasteiger charge is 2.09. The SMILES string of the molecule is NC(=O)c1cccc(CNC(=O)c2cc3ccccc3[nH]2)c1. The molecule has 5 heteroatoms. The lowest BCUT2D eigenvalue weighted by Gasteiger charge is -2.05. The minimum Gasteiger partial charge on any atom is -0.366 e. The van der Waals surface area contributed by atoms with Crippen LogP contribution >= 0.6 is 0 Å². The van der Waals surface area contributed by atoms with Gasteiger partial charge < -0.3 is 16.0 Å². The number of fused-ring (bicyclic) bond motifs is 1. The molecule has 0 aliphatic rings. The number of hydrogen-bond donors (Lipinski definition) is 3. The third-order valence-electron chi connectivity index (χ3n) is 3.44. The second-order valence-corrected chi connectivity index (χ2v) is 5.02. The van der Waals surface area contributed by atoms with E-state index in [-0.39, 0.29) is 5.91 Å². The minimum atomic E-state index is -0.483. The van der Waals surface area contributed by atoms with Gasteiger partial charge in [-0.2, -0.15) is 0 Å². The molecule has 3 aromatic rings. The van der Waals surface area contributed by atoms with Crippen LogP contribution in [0.4, 0.5) is 0 Å². The van der Waals surface area contributed by atoms with Crippen LogP contribution in [0, 0.1) is 0 Å². The van der Waals surface area contributed by atoms with Gasteiger partial charge in [-0.25, -0.2) is 0 Å². The number of carbonyl (C=O) groups is 2. The van der Waals surface area contributed by atoms with Crippen LogP contribution in [-0.2, 0) is 6.54 Å². The first-order valence-corrected chi connectivity index (χ1v) is 6.88. The van der Waals surface area contributed by atoms with E-state index >= 15 is 0 Å². The highest BCUT2D eigenvalue weighted by molar-refractivity contribution is 5.98. The van der Waals surface area contributed by atoms with Crippen molar-refractivity contribution in [2.24, 2.45) is 5.73 Å². The molecule has 0 saturated heterocycles. The summed E-state index contributed by atoms with van der Waals surface area (Å²) in [5, 5.41) is 3.81. The number of nitrogens with two attached hydrogens (primary N) is 1. The second kappa shape index (κ2) is 5.73. The Morgan fingerprint density at radius 3 is 2.64 bits per heavy atom. The van der Waals surface area contributed by atoms with Crippen molar-refractivity contribution >= 4 is 22.7 Å². The van der Waals surface area contributed by atoms with Crippen molar-refractivity contribution in [1.29, 1.82) is 0 Å². The summed E-state index contributed by atoms with van der Waals surface area (Å²) in [7, 11) is 0. The first-order valence-electron chi connectivity index (χ1n) is 6.88. The Morgan fingerprint density at radius 2 is 1.86 bits per heavy atom. The number of benzene rings is 2. The van der Waals surface area contributed by atoms with Crippen LogP contribution in [0.5, 0.6) is 0 Å². The van der Waals surface area contributed by atoms with Crippen LogP contribution in [0.3, 0.4) is 0 Å². The number of nitrogens with one attached hydrogen (secondary N) is 2. The van der Waals surface area contributed by atoms with Crippen molar-refractivity contribution in [3.63, 3.8) is 0 Å². The number of aromatic amines is 1. The topological polar surface area (TPSA) is 88.0 Å². The number of aromatic nitrogens is 1. The van der Waals surface area contributed by atoms with Crippen molar-refractivity contribution in [2.45, 2.75) is 6.54 Å². The molecular weight excluding hydrogens is 278 g/mol. The maximum absolute atomic E-state index is 12.2. The molecule has 0 aliphatic carbocycles. The Hall–Kier alpha value is -3.08. The van der Waals surface area contributed by atoms with E-state index in [1.165, 1.54) is 0 Å². The molecule has 110 valence electrons. The standard InChI is InChI=1S/C17H15N3O2/c18-16(21)13-6-3-4-11(8-13)10-19-17(22)15-9-12-5-1-2-7-14(12)20-15/h1-9,20H,10H2,(H2,18,21)(H,19,22). The van der Waals surface area contributed by atoms with E-state index in [1.54, 1.807) is 18.2 Å². The monoisotopic (exact) mass is 293 g/mol. The summed E-state index contributed by atoms with van der Waals surface area (Å²) in [6, 6.07) is 16.4. The Bertz CT molecular complexity index is 819. The molecule has 4 N–H and O–H groups in total. The Morgan fingerprint density at radius 1 is 1.05 bits per heavy atom. The normalized spacial score (nSPS) is 10.5. The Balaban J connectivity index is 1.72. The molecule has 3 rings (SSSR count). The molecule has 0 unspecified atom stereocenters. The molecule has 0 saturated carbocycles. The molecule has 1 aromatic heterocycles. The van der Waals surface area contributed by atoms with Crippen molar-refractivity contribution in [3.8, 4) is 0 Å². The molecule has 0 spiro atoms. The zero-order valence-corrected chi connectivity index (χ0v) is 11.8. The lowest BCUT2D eigenvalue weighted by Crippen LogP contribution is -2.23. The molecule has 0 fully saturated rings. The van der Waals surface area contributed by atoms with E-state index in [0.717, 1.165) is 16.5 Å². The molecule has 1 heterocycles. The first-order chi connectivity index (χ1) is 10.6. The predicted octanol–water partition coefficient (Wildman–Crippen LogP) is 2.20. The van der Waals surface area contributed by atoms with E-state index in [1.807, 2.05) is 36.4 Å². The molecule has 0 radical (unpaired) electrons. The maximum Gasteiger partial charge on any atom is 0.267 e. The predicted molar refractivity (Wildman–Crippen MR) is 84.4 cm³/mol. The van der Waals surface area contributed by atoms with Crippen molar-refractivity contribution < 1.29 is 9.59 Å². The van der Waals surface area contributed by atoms with Crippen LogP contribution in [-0.4, -0.2) is 16.8 Å². The quantitative estimate of drug-likeness (QED) is 0.688. The molecule has 0 bridgehead atoms. The summed E-state index contributed by atoms with van der Waals surface area (Å²) < 4.78 is 0. The average molecular weight is 293 g/mol. The lowest BCUT2D eigenvalue weighted by molar-refractivity contribution is 0.0946. The number of hydrogen-bond acceptors (Lipinski definition) is 2. The average Bonchev–Trinajstić information content (AvgIpc) is 2.97. The van der Waals surface area contributed by atoms with Gasteiger partial charge in [0, 0.05) is 23.0 Å². The van der Waals surface area contributed by atoms with Crippen molar-refractivity contribution in [2.75, 3.05) is 0 Å². The lowest BCUT2D eigenvalue weighted by atomic mass is 10.1. The van der Waals surface area contributed by atoms with Gasteiger partial charge in [-0.1, -0.05) is 30.3 Å². The summed E-state index contributed by atoms with van der Waals surface area (Å²) >= 11 is 0. The van der Waals surface area contributed by atoms with Crippen LogP contribution in [0.2, 0.25) is 0 Å². The zero-order chi connectivity index (χ0) is 15.5. The molecule has 0 aliphatic heterocycles. The van der Waals surface area contributed by atoms with Crippen molar-refractivity contribution in [3.05, 3.63) is 71.4 Å². The highest BCUT2D eigenvalue weighted by atomic mass is 16.2. The van der Waals surface area contributed by atoms with Gasteiger partial charge in [-0.3, -0.25) is 9.59 Å². The summed E-state index contributed by atoms with van der Waals surface area (Å²) in [4.78, 5) is 26.4. The van der Waals surface area contributed by atoms with Gasteiger partial charge in [0.2, 0.25) is 5.91 Å².